The van der Waals surface area contributed by atoms with Crippen LogP contribution in [0.1, 0.15) is 16.7 Å². The van der Waals surface area contributed by atoms with E-state index in [0.717, 1.165) is 18.2 Å². The molecule has 0 saturated carbocycles. The van der Waals surface area contributed by atoms with Gasteiger partial charge in [0, 0.05) is 36.3 Å². The van der Waals surface area contributed by atoms with Crippen molar-refractivity contribution < 1.29 is 26.3 Å². The van der Waals surface area contributed by atoms with Gasteiger partial charge in [-0.05, 0) is 23.8 Å². The van der Waals surface area contributed by atoms with Gasteiger partial charge in [-0.3, -0.25) is 0 Å². The summed E-state index contributed by atoms with van der Waals surface area (Å²) in [6.45, 7) is 0.353. The van der Waals surface area contributed by atoms with E-state index in [-0.39, 0.29) is 22.3 Å². The summed E-state index contributed by atoms with van der Waals surface area (Å²) < 4.78 is 81.8. The van der Waals surface area contributed by atoms with Crippen LogP contribution in [0.25, 0.3) is 28.1 Å². The third-order valence-corrected chi connectivity index (χ3v) is 4.84. The molecule has 3 aromatic rings. The summed E-state index contributed by atoms with van der Waals surface area (Å²) in [6, 6.07) is 5.57. The number of aromatic amines is 1. The molecule has 0 bridgehead atoms. The Morgan fingerprint density at radius 1 is 1.00 bits per heavy atom. The SMILES string of the molecule is CN1CC=Cc2c1c(-c1cccc(C(F)(F)F)c1)c(C(F)(F)F)c1[nH]ccc21. The molecule has 8 heteroatoms. The largest absolute Gasteiger partial charge is 0.419 e. The number of benzene rings is 2. The van der Waals surface area contributed by atoms with Crippen LogP contribution in [-0.2, 0) is 12.4 Å². The van der Waals surface area contributed by atoms with E-state index in [4.69, 9.17) is 0 Å². The second-order valence-electron chi connectivity index (χ2n) is 6.64. The molecule has 146 valence electrons. The Morgan fingerprint density at radius 3 is 2.43 bits per heavy atom. The summed E-state index contributed by atoms with van der Waals surface area (Å²) in [5.74, 6) is 0. The quantitative estimate of drug-likeness (QED) is 0.476. The van der Waals surface area contributed by atoms with Crippen LogP contribution in [0, 0.1) is 0 Å². The topological polar surface area (TPSA) is 19.0 Å². The molecule has 2 aromatic carbocycles. The number of halogens is 6. The molecule has 4 rings (SSSR count). The summed E-state index contributed by atoms with van der Waals surface area (Å²) >= 11 is 0. The zero-order chi connectivity index (χ0) is 20.3. The molecule has 0 radical (unpaired) electrons. The van der Waals surface area contributed by atoms with Crippen molar-refractivity contribution in [1.29, 1.82) is 0 Å². The van der Waals surface area contributed by atoms with E-state index in [1.54, 1.807) is 30.2 Å². The number of fused-ring (bicyclic) bond motifs is 3. The van der Waals surface area contributed by atoms with Gasteiger partial charge in [0.2, 0.25) is 0 Å². The van der Waals surface area contributed by atoms with Crippen molar-refractivity contribution in [2.75, 3.05) is 18.5 Å². The van der Waals surface area contributed by atoms with Gasteiger partial charge in [0.1, 0.15) is 0 Å². The lowest BCUT2D eigenvalue weighted by Gasteiger charge is -2.30. The molecular weight excluding hydrogens is 382 g/mol. The Morgan fingerprint density at radius 2 is 1.75 bits per heavy atom. The molecule has 2 nitrogen and oxygen atoms in total. The lowest BCUT2D eigenvalue weighted by atomic mass is 9.88. The van der Waals surface area contributed by atoms with Gasteiger partial charge < -0.3 is 9.88 Å². The molecule has 0 saturated heterocycles. The molecule has 0 amide bonds. The summed E-state index contributed by atoms with van der Waals surface area (Å²) in [5.41, 5.74) is -1.67. The van der Waals surface area contributed by atoms with Crippen LogP contribution in [0.4, 0.5) is 32.0 Å². The predicted octanol–water partition coefficient (Wildman–Crippen LogP) is 6.34. The van der Waals surface area contributed by atoms with Crippen molar-refractivity contribution in [1.82, 2.24) is 4.98 Å². The van der Waals surface area contributed by atoms with Crippen molar-refractivity contribution in [2.24, 2.45) is 0 Å². The first kappa shape index (κ1) is 18.5. The van der Waals surface area contributed by atoms with Crippen LogP contribution < -0.4 is 4.90 Å². The fraction of sp³-hybridized carbons (Fsp3) is 0.200. The van der Waals surface area contributed by atoms with E-state index in [2.05, 4.69) is 4.98 Å². The number of hydrogen-bond acceptors (Lipinski definition) is 1. The van der Waals surface area contributed by atoms with E-state index in [9.17, 15) is 26.3 Å². The average molecular weight is 396 g/mol. The van der Waals surface area contributed by atoms with Crippen molar-refractivity contribution in [3.8, 4) is 11.1 Å². The Balaban J connectivity index is 2.17. The molecule has 0 aliphatic carbocycles. The summed E-state index contributed by atoms with van der Waals surface area (Å²) in [5, 5.41) is 0.376. The molecule has 1 aliphatic heterocycles. The molecule has 0 atom stereocenters. The van der Waals surface area contributed by atoms with Crippen LogP contribution in [0.3, 0.4) is 0 Å². The van der Waals surface area contributed by atoms with Gasteiger partial charge in [-0.1, -0.05) is 24.3 Å². The first-order chi connectivity index (χ1) is 13.1. The van der Waals surface area contributed by atoms with Crippen LogP contribution in [0.2, 0.25) is 0 Å². The maximum atomic E-state index is 14.1. The van der Waals surface area contributed by atoms with Gasteiger partial charge in [-0.25, -0.2) is 0 Å². The number of anilines is 1. The predicted molar refractivity (Wildman–Crippen MR) is 96.0 cm³/mol. The summed E-state index contributed by atoms with van der Waals surface area (Å²) in [7, 11) is 1.62. The maximum absolute atomic E-state index is 14.1. The second kappa shape index (κ2) is 6.05. The number of alkyl halides is 6. The van der Waals surface area contributed by atoms with Crippen molar-refractivity contribution in [3.63, 3.8) is 0 Å². The van der Waals surface area contributed by atoms with Crippen LogP contribution >= 0.6 is 0 Å². The highest BCUT2D eigenvalue weighted by molar-refractivity contribution is 6.05. The monoisotopic (exact) mass is 396 g/mol. The first-order valence-electron chi connectivity index (χ1n) is 8.38. The van der Waals surface area contributed by atoms with Gasteiger partial charge >= 0.3 is 12.4 Å². The minimum atomic E-state index is -4.76. The highest BCUT2D eigenvalue weighted by Crippen LogP contribution is 2.50. The Labute approximate surface area is 156 Å². The number of H-pyrrole nitrogens is 1. The van der Waals surface area contributed by atoms with Crippen LogP contribution in [-0.4, -0.2) is 18.6 Å². The Hall–Kier alpha value is -2.90. The van der Waals surface area contributed by atoms with Gasteiger partial charge in [0.25, 0.3) is 0 Å². The minimum absolute atomic E-state index is 0.128. The zero-order valence-corrected chi connectivity index (χ0v) is 14.5. The highest BCUT2D eigenvalue weighted by atomic mass is 19.4. The zero-order valence-electron chi connectivity index (χ0n) is 14.5. The maximum Gasteiger partial charge on any atom is 0.419 e. The molecule has 0 fully saturated rings. The molecule has 28 heavy (non-hydrogen) atoms. The molecule has 1 aromatic heterocycles. The third kappa shape index (κ3) is 2.83. The number of hydrogen-bond donors (Lipinski definition) is 1. The van der Waals surface area contributed by atoms with E-state index >= 15 is 0 Å². The average Bonchev–Trinajstić information content (AvgIpc) is 3.08. The van der Waals surface area contributed by atoms with Gasteiger partial charge in [-0.2, -0.15) is 26.3 Å². The number of nitrogens with zero attached hydrogens (tertiary/aromatic N) is 1. The van der Waals surface area contributed by atoms with Crippen molar-refractivity contribution >= 4 is 22.7 Å². The smallest absolute Gasteiger partial charge is 0.370 e. The second-order valence-corrected chi connectivity index (χ2v) is 6.64. The first-order valence-corrected chi connectivity index (χ1v) is 8.38. The van der Waals surface area contributed by atoms with Gasteiger partial charge in [0.05, 0.1) is 22.3 Å². The highest BCUT2D eigenvalue weighted by Gasteiger charge is 2.40. The Kier molecular flexibility index (Phi) is 3.99. The third-order valence-electron chi connectivity index (χ3n) is 4.84. The van der Waals surface area contributed by atoms with Crippen LogP contribution in [0.5, 0.6) is 0 Å². The lowest BCUT2D eigenvalue weighted by molar-refractivity contribution is -0.137. The lowest BCUT2D eigenvalue weighted by Crippen LogP contribution is -2.23. The standard InChI is InChI=1S/C20H14F6N2/c1-28-9-3-6-14-13-7-8-27-17(13)16(20(24,25)26)15(18(14)28)11-4-2-5-12(10-11)19(21,22)23/h2-8,10,27H,9H2,1H3. The number of nitrogens with one attached hydrogen (secondary N) is 1. The fourth-order valence-corrected chi connectivity index (χ4v) is 3.71. The van der Waals surface area contributed by atoms with Gasteiger partial charge in [0.15, 0.2) is 0 Å². The molecule has 1 aliphatic rings. The van der Waals surface area contributed by atoms with Gasteiger partial charge in [-0.15, -0.1) is 0 Å². The minimum Gasteiger partial charge on any atom is -0.370 e. The summed E-state index contributed by atoms with van der Waals surface area (Å²) in [4.78, 5) is 4.24. The molecule has 2 heterocycles. The van der Waals surface area contributed by atoms with E-state index < -0.39 is 23.5 Å². The number of aromatic nitrogens is 1. The van der Waals surface area contributed by atoms with E-state index in [1.807, 2.05) is 0 Å². The fourth-order valence-electron chi connectivity index (χ4n) is 3.71. The number of likely N-dealkylation sites (N-methyl/N-ethyl adjacent to an activating group) is 1. The van der Waals surface area contributed by atoms with Crippen LogP contribution in [0.15, 0.2) is 42.6 Å². The molecule has 0 unspecified atom stereocenters. The summed E-state index contributed by atoms with van der Waals surface area (Å²) in [6.07, 6.45) is -4.50. The van der Waals surface area contributed by atoms with E-state index in [1.165, 1.54) is 12.3 Å². The molecule has 0 spiro atoms. The Bertz CT molecular complexity index is 1090. The van der Waals surface area contributed by atoms with Crippen molar-refractivity contribution in [2.45, 2.75) is 12.4 Å². The molecule has 1 N–H and O–H groups in total. The molecular formula is C20H14F6N2. The normalized spacial score (nSPS) is 14.6. The number of rotatable bonds is 1. The van der Waals surface area contributed by atoms with E-state index in [0.29, 0.717) is 17.5 Å². The van der Waals surface area contributed by atoms with Crippen molar-refractivity contribution in [3.05, 3.63) is 59.3 Å².